The first-order valence-electron chi connectivity index (χ1n) is 9.75. The van der Waals surface area contributed by atoms with Crippen molar-refractivity contribution >= 4 is 40.7 Å². The van der Waals surface area contributed by atoms with Crippen LogP contribution in [0, 0.1) is 13.8 Å². The summed E-state index contributed by atoms with van der Waals surface area (Å²) < 4.78 is 0. The third-order valence-corrected chi connectivity index (χ3v) is 4.83. The van der Waals surface area contributed by atoms with E-state index in [2.05, 4.69) is 25.9 Å². The van der Waals surface area contributed by atoms with Gasteiger partial charge in [-0.3, -0.25) is 10.1 Å². The van der Waals surface area contributed by atoms with E-state index in [1.165, 1.54) is 12.8 Å². The third-order valence-electron chi connectivity index (χ3n) is 4.63. The summed E-state index contributed by atoms with van der Waals surface area (Å²) in [6.45, 7) is 5.40. The van der Waals surface area contributed by atoms with E-state index in [4.69, 9.17) is 17.2 Å². The number of ketones is 1. The number of aliphatic imine (C=N–C) groups is 1. The predicted molar refractivity (Wildman–Crippen MR) is 121 cm³/mol. The van der Waals surface area contributed by atoms with Gasteiger partial charge >= 0.3 is 0 Å². The molecule has 0 unspecified atom stereocenters. The smallest absolute Gasteiger partial charge is 0.229 e. The number of hydrogen-bond acceptors (Lipinski definition) is 5. The molecule has 1 aliphatic carbocycles. The van der Waals surface area contributed by atoms with Crippen molar-refractivity contribution in [2.75, 3.05) is 10.6 Å². The summed E-state index contributed by atoms with van der Waals surface area (Å²) in [5.74, 6) is 1.04. The van der Waals surface area contributed by atoms with E-state index in [0.717, 1.165) is 29.9 Å². The van der Waals surface area contributed by atoms with Gasteiger partial charge in [-0.1, -0.05) is 12.8 Å². The van der Waals surface area contributed by atoms with Gasteiger partial charge in [0.25, 0.3) is 0 Å². The van der Waals surface area contributed by atoms with Crippen molar-refractivity contribution in [2.45, 2.75) is 52.5 Å². The van der Waals surface area contributed by atoms with Gasteiger partial charge in [-0.2, -0.15) is 0 Å². The highest BCUT2D eigenvalue weighted by molar-refractivity contribution is 7.80. The molecular formula is C21H26N6OS. The quantitative estimate of drug-likeness (QED) is 0.304. The Labute approximate surface area is 176 Å². The monoisotopic (exact) mass is 410 g/mol. The van der Waals surface area contributed by atoms with Crippen LogP contribution in [-0.2, 0) is 0 Å². The first-order valence-corrected chi connectivity index (χ1v) is 10.2. The Kier molecular flexibility index (Phi) is 6.87. The molecule has 29 heavy (non-hydrogen) atoms. The van der Waals surface area contributed by atoms with Gasteiger partial charge in [0.1, 0.15) is 0 Å². The number of Topliss-reactive ketones (excluding diaryl/α,β-unsaturated/α-hetero) is 1. The highest BCUT2D eigenvalue weighted by Gasteiger charge is 2.16. The van der Waals surface area contributed by atoms with Gasteiger partial charge in [-0.15, -0.1) is 0 Å². The third kappa shape index (κ3) is 6.32. The fourth-order valence-electron chi connectivity index (χ4n) is 3.26. The van der Waals surface area contributed by atoms with Gasteiger partial charge in [0.15, 0.2) is 10.9 Å². The van der Waals surface area contributed by atoms with Crippen LogP contribution in [0.4, 0.5) is 11.6 Å². The lowest BCUT2D eigenvalue weighted by Crippen LogP contribution is -2.39. The van der Waals surface area contributed by atoms with E-state index in [1.54, 1.807) is 19.1 Å². The lowest BCUT2D eigenvalue weighted by atomic mass is 10.1. The molecule has 1 aromatic carbocycles. The average Bonchev–Trinajstić information content (AvgIpc) is 3.14. The maximum Gasteiger partial charge on any atom is 0.229 e. The summed E-state index contributed by atoms with van der Waals surface area (Å²) in [6.07, 6.45) is 4.50. The lowest BCUT2D eigenvalue weighted by molar-refractivity contribution is 0.101. The second kappa shape index (κ2) is 9.56. The molecule has 1 aromatic heterocycles. The number of thiocarbonyl (C=S) groups is 1. The van der Waals surface area contributed by atoms with Gasteiger partial charge in [0, 0.05) is 22.6 Å². The normalized spacial score (nSPS) is 14.5. The van der Waals surface area contributed by atoms with Crippen molar-refractivity contribution in [2.24, 2.45) is 4.99 Å². The summed E-state index contributed by atoms with van der Waals surface area (Å²) >= 11 is 5.45. The number of carbonyl (C=O) groups is 1. The molecule has 3 rings (SSSR count). The second-order valence-electron chi connectivity index (χ2n) is 7.23. The molecule has 1 heterocycles. The van der Waals surface area contributed by atoms with Crippen LogP contribution in [0.25, 0.3) is 0 Å². The van der Waals surface area contributed by atoms with E-state index in [-0.39, 0.29) is 11.8 Å². The van der Waals surface area contributed by atoms with Crippen molar-refractivity contribution in [3.8, 4) is 0 Å². The van der Waals surface area contributed by atoms with Gasteiger partial charge in [0.05, 0.1) is 6.04 Å². The summed E-state index contributed by atoms with van der Waals surface area (Å²) in [4.78, 5) is 25.1. The molecule has 2 aromatic rings. The topological polar surface area (TPSA) is 91.3 Å². The number of anilines is 2. The van der Waals surface area contributed by atoms with Crippen LogP contribution in [0.3, 0.4) is 0 Å². The zero-order valence-corrected chi connectivity index (χ0v) is 17.8. The van der Waals surface area contributed by atoms with E-state index >= 15 is 0 Å². The number of guanidine groups is 1. The Morgan fingerprint density at radius 2 is 1.69 bits per heavy atom. The van der Waals surface area contributed by atoms with Gasteiger partial charge in [-0.25, -0.2) is 15.0 Å². The minimum atomic E-state index is 0.0286. The molecule has 1 saturated carbocycles. The van der Waals surface area contributed by atoms with Crippen LogP contribution in [0.5, 0.6) is 0 Å². The molecule has 0 amide bonds. The lowest BCUT2D eigenvalue weighted by Gasteiger charge is -2.16. The van der Waals surface area contributed by atoms with Crippen molar-refractivity contribution in [1.82, 2.24) is 15.3 Å². The van der Waals surface area contributed by atoms with Crippen LogP contribution < -0.4 is 16.0 Å². The van der Waals surface area contributed by atoms with E-state index in [1.807, 2.05) is 32.0 Å². The Morgan fingerprint density at radius 3 is 2.28 bits per heavy atom. The minimum absolute atomic E-state index is 0.0286. The number of aryl methyl sites for hydroxylation is 2. The molecule has 152 valence electrons. The molecule has 0 atom stereocenters. The standard InChI is InChI=1S/C21H26N6OS/c1-13-12-14(2)23-19(22-13)26-20(24-17-6-4-5-7-17)27-21(29)25-18-10-8-16(9-11-18)15(3)28/h8-12,17H,4-7H2,1-3H3,(H3,22,23,24,25,26,27,29). The molecule has 7 nitrogen and oxygen atoms in total. The molecule has 1 aliphatic rings. The zero-order chi connectivity index (χ0) is 20.8. The molecule has 0 bridgehead atoms. The molecule has 8 heteroatoms. The van der Waals surface area contributed by atoms with Gasteiger partial charge in [0.2, 0.25) is 11.9 Å². The van der Waals surface area contributed by atoms with Crippen LogP contribution in [-0.4, -0.2) is 32.9 Å². The highest BCUT2D eigenvalue weighted by Crippen LogP contribution is 2.21. The van der Waals surface area contributed by atoms with Crippen molar-refractivity contribution in [1.29, 1.82) is 0 Å². The molecule has 0 radical (unpaired) electrons. The molecule has 0 aliphatic heterocycles. The largest absolute Gasteiger partial charge is 0.332 e. The molecule has 1 fully saturated rings. The number of aromatic nitrogens is 2. The van der Waals surface area contributed by atoms with Crippen LogP contribution >= 0.6 is 12.2 Å². The van der Waals surface area contributed by atoms with E-state index in [9.17, 15) is 4.79 Å². The fourth-order valence-corrected chi connectivity index (χ4v) is 3.47. The Morgan fingerprint density at radius 1 is 1.07 bits per heavy atom. The SMILES string of the molecule is CC(=O)c1ccc(NC(=S)NC(=NC2CCCC2)Nc2nc(C)cc(C)n2)cc1. The number of nitrogens with one attached hydrogen (secondary N) is 3. The maximum absolute atomic E-state index is 11.4. The molecule has 0 saturated heterocycles. The number of nitrogens with zero attached hydrogens (tertiary/aromatic N) is 3. The van der Waals surface area contributed by atoms with Crippen molar-refractivity contribution in [3.05, 3.63) is 47.3 Å². The minimum Gasteiger partial charge on any atom is -0.332 e. The van der Waals surface area contributed by atoms with Crippen LogP contribution in [0.1, 0.15) is 54.4 Å². The Hall–Kier alpha value is -2.87. The summed E-state index contributed by atoms with van der Waals surface area (Å²) in [5.41, 5.74) is 3.21. The summed E-state index contributed by atoms with van der Waals surface area (Å²) in [6, 6.07) is 9.35. The van der Waals surface area contributed by atoms with Crippen molar-refractivity contribution < 1.29 is 4.79 Å². The maximum atomic E-state index is 11.4. The fraction of sp³-hybridized carbons (Fsp3) is 0.381. The van der Waals surface area contributed by atoms with Crippen LogP contribution in [0.2, 0.25) is 0 Å². The number of rotatable bonds is 4. The average molecular weight is 411 g/mol. The molecule has 0 spiro atoms. The summed E-state index contributed by atoms with van der Waals surface area (Å²) in [7, 11) is 0. The van der Waals surface area contributed by atoms with Crippen molar-refractivity contribution in [3.63, 3.8) is 0 Å². The van der Waals surface area contributed by atoms with E-state index in [0.29, 0.717) is 22.6 Å². The van der Waals surface area contributed by atoms with Crippen LogP contribution in [0.15, 0.2) is 35.3 Å². The van der Waals surface area contributed by atoms with Gasteiger partial charge in [-0.05, 0) is 76.2 Å². The van der Waals surface area contributed by atoms with Gasteiger partial charge < -0.3 is 10.6 Å². The predicted octanol–water partition coefficient (Wildman–Crippen LogP) is 3.99. The summed E-state index contributed by atoms with van der Waals surface area (Å²) in [5, 5.41) is 9.82. The Balaban J connectivity index is 1.71. The first kappa shape index (κ1) is 20.9. The van der Waals surface area contributed by atoms with E-state index < -0.39 is 0 Å². The number of hydrogen-bond donors (Lipinski definition) is 3. The number of benzene rings is 1. The highest BCUT2D eigenvalue weighted by atomic mass is 32.1. The first-order chi connectivity index (χ1) is 13.9. The molecular weight excluding hydrogens is 384 g/mol. The number of carbonyl (C=O) groups excluding carboxylic acids is 1. The molecule has 3 N–H and O–H groups in total. The zero-order valence-electron chi connectivity index (χ0n) is 17.0. The second-order valence-corrected chi connectivity index (χ2v) is 7.64. The Bertz CT molecular complexity index is 899.